The van der Waals surface area contributed by atoms with Gasteiger partial charge in [0.15, 0.2) is 5.78 Å². The molecule has 0 unspecified atom stereocenters. The number of hydrogen-bond acceptors (Lipinski definition) is 4. The van der Waals surface area contributed by atoms with Crippen LogP contribution in [0.4, 0.5) is 0 Å². The van der Waals surface area contributed by atoms with Crippen molar-refractivity contribution in [2.45, 2.75) is 56.9 Å². The zero-order chi connectivity index (χ0) is 21.8. The van der Waals surface area contributed by atoms with Gasteiger partial charge in [0, 0.05) is 49.2 Å². The van der Waals surface area contributed by atoms with E-state index in [1.165, 1.54) is 24.0 Å². The maximum absolute atomic E-state index is 13.1. The highest BCUT2D eigenvalue weighted by atomic mass is 32.2. The lowest BCUT2D eigenvalue weighted by Crippen LogP contribution is -2.49. The number of benzene rings is 1. The molecule has 6 nitrogen and oxygen atoms in total. The van der Waals surface area contributed by atoms with E-state index in [9.17, 15) is 13.2 Å². The maximum Gasteiger partial charge on any atom is 0.243 e. The smallest absolute Gasteiger partial charge is 0.243 e. The highest BCUT2D eigenvalue weighted by Crippen LogP contribution is 2.38. The summed E-state index contributed by atoms with van der Waals surface area (Å²) in [6.45, 7) is 6.47. The van der Waals surface area contributed by atoms with Crippen LogP contribution in [0.3, 0.4) is 0 Å². The summed E-state index contributed by atoms with van der Waals surface area (Å²) in [6, 6.07) is 8.18. The molecule has 166 valence electrons. The number of hydrogen-bond donors (Lipinski definition) is 0. The van der Waals surface area contributed by atoms with Crippen molar-refractivity contribution in [3.63, 3.8) is 0 Å². The Labute approximate surface area is 184 Å². The predicted molar refractivity (Wildman–Crippen MR) is 120 cm³/mol. The molecule has 2 heterocycles. The third-order valence-electron chi connectivity index (χ3n) is 7.10. The van der Waals surface area contributed by atoms with E-state index in [0.29, 0.717) is 43.7 Å². The number of piperazine rings is 1. The molecule has 2 aromatic rings. The van der Waals surface area contributed by atoms with Crippen molar-refractivity contribution < 1.29 is 13.2 Å². The molecule has 0 atom stereocenters. The fourth-order valence-corrected chi connectivity index (χ4v) is 6.70. The summed E-state index contributed by atoms with van der Waals surface area (Å²) >= 11 is 0. The molecule has 1 saturated heterocycles. The molecule has 0 radical (unpaired) electrons. The van der Waals surface area contributed by atoms with E-state index in [0.717, 1.165) is 36.2 Å². The summed E-state index contributed by atoms with van der Waals surface area (Å²) < 4.78 is 30.1. The molecule has 0 N–H and O–H groups in total. The largest absolute Gasteiger partial charge is 0.345 e. The highest BCUT2D eigenvalue weighted by molar-refractivity contribution is 7.89. The van der Waals surface area contributed by atoms with E-state index >= 15 is 0 Å². The van der Waals surface area contributed by atoms with Gasteiger partial charge in [0.2, 0.25) is 10.0 Å². The summed E-state index contributed by atoms with van der Waals surface area (Å²) in [5.41, 5.74) is 5.51. The molecule has 1 aromatic heterocycles. The molecule has 1 aliphatic heterocycles. The number of nitrogens with zero attached hydrogens (tertiary/aromatic N) is 3. The summed E-state index contributed by atoms with van der Waals surface area (Å²) in [7, 11) is -3.48. The van der Waals surface area contributed by atoms with Crippen molar-refractivity contribution in [2.24, 2.45) is 0 Å². The summed E-state index contributed by atoms with van der Waals surface area (Å²) in [4.78, 5) is 15.5. The topological polar surface area (TPSA) is 62.6 Å². The van der Waals surface area contributed by atoms with Gasteiger partial charge in [0.1, 0.15) is 0 Å². The average Bonchev–Trinajstić information content (AvgIpc) is 3.38. The third-order valence-corrected chi connectivity index (χ3v) is 9.00. The van der Waals surface area contributed by atoms with E-state index < -0.39 is 10.0 Å². The van der Waals surface area contributed by atoms with E-state index in [1.807, 2.05) is 25.1 Å². The summed E-state index contributed by atoms with van der Waals surface area (Å²) in [5, 5.41) is 0. The van der Waals surface area contributed by atoms with Gasteiger partial charge in [-0.05, 0) is 75.3 Å². The zero-order valence-electron chi connectivity index (χ0n) is 18.4. The fourth-order valence-electron chi connectivity index (χ4n) is 5.23. The summed E-state index contributed by atoms with van der Waals surface area (Å²) in [6.07, 6.45) is 5.52. The van der Waals surface area contributed by atoms with E-state index in [-0.39, 0.29) is 5.78 Å². The Hall–Kier alpha value is -1.96. The number of rotatable bonds is 6. The Bertz CT molecular complexity index is 1120. The third kappa shape index (κ3) is 3.88. The van der Waals surface area contributed by atoms with Crippen LogP contribution in [0.2, 0.25) is 0 Å². The second-order valence-corrected chi connectivity index (χ2v) is 11.2. The average molecular weight is 442 g/mol. The lowest BCUT2D eigenvalue weighted by Gasteiger charge is -2.33. The number of Topliss-reactive ketones (excluding diaryl/α,β-unsaturated/α-hetero) is 1. The molecular formula is C24H31N3O3S. The van der Waals surface area contributed by atoms with Gasteiger partial charge >= 0.3 is 0 Å². The van der Waals surface area contributed by atoms with E-state index in [2.05, 4.69) is 16.4 Å². The second kappa shape index (κ2) is 7.87. The predicted octanol–water partition coefficient (Wildman–Crippen LogP) is 3.12. The molecule has 0 spiro atoms. The van der Waals surface area contributed by atoms with Crippen molar-refractivity contribution in [3.8, 4) is 0 Å². The molecular weight excluding hydrogens is 410 g/mol. The molecule has 0 amide bonds. The molecule has 1 aromatic carbocycles. The Balaban J connectivity index is 1.22. The first kappa shape index (κ1) is 20.9. The first-order chi connectivity index (χ1) is 14.8. The van der Waals surface area contributed by atoms with E-state index in [1.54, 1.807) is 10.4 Å². The summed E-state index contributed by atoms with van der Waals surface area (Å²) in [5.74, 6) is 0.134. The molecule has 1 saturated carbocycles. The van der Waals surface area contributed by atoms with Gasteiger partial charge in [-0.2, -0.15) is 4.31 Å². The molecule has 3 aliphatic rings. The van der Waals surface area contributed by atoms with Gasteiger partial charge in [-0.25, -0.2) is 8.42 Å². The van der Waals surface area contributed by atoms with Crippen LogP contribution in [-0.2, 0) is 22.9 Å². The monoisotopic (exact) mass is 441 g/mol. The molecule has 5 rings (SSSR count). The number of carbonyl (C=O) groups excluding carboxylic acids is 1. The van der Waals surface area contributed by atoms with Gasteiger partial charge in [-0.1, -0.05) is 6.07 Å². The second-order valence-electron chi connectivity index (χ2n) is 9.27. The van der Waals surface area contributed by atoms with Crippen LogP contribution in [0.1, 0.15) is 58.2 Å². The molecule has 31 heavy (non-hydrogen) atoms. The van der Waals surface area contributed by atoms with Crippen LogP contribution < -0.4 is 0 Å². The Morgan fingerprint density at radius 3 is 2.42 bits per heavy atom. The molecule has 0 bridgehead atoms. The van der Waals surface area contributed by atoms with Gasteiger partial charge in [-0.15, -0.1) is 0 Å². The van der Waals surface area contributed by atoms with Gasteiger partial charge in [0.05, 0.1) is 11.4 Å². The lowest BCUT2D eigenvalue weighted by molar-refractivity contribution is 0.0901. The Morgan fingerprint density at radius 2 is 1.71 bits per heavy atom. The van der Waals surface area contributed by atoms with Crippen LogP contribution >= 0.6 is 0 Å². The number of carbonyl (C=O) groups is 1. The normalized spacial score (nSPS) is 20.2. The van der Waals surface area contributed by atoms with E-state index in [4.69, 9.17) is 0 Å². The number of aromatic nitrogens is 1. The zero-order valence-corrected chi connectivity index (χ0v) is 19.2. The highest BCUT2D eigenvalue weighted by Gasteiger charge is 2.31. The van der Waals surface area contributed by atoms with Gasteiger partial charge < -0.3 is 4.57 Å². The van der Waals surface area contributed by atoms with Crippen molar-refractivity contribution in [2.75, 3.05) is 32.7 Å². The first-order valence-corrected chi connectivity index (χ1v) is 12.8. The number of fused-ring (bicyclic) bond motifs is 1. The standard InChI is InChI=1S/C24H31N3O3S/c1-17-14-23(18(2)27(17)21-7-8-21)24(28)16-25-10-12-26(13-11-25)31(29,30)22-9-6-19-4-3-5-20(19)15-22/h6,9,14-15,21H,3-5,7-8,10-13,16H2,1-2H3. The molecule has 7 heteroatoms. The Morgan fingerprint density at radius 1 is 1.00 bits per heavy atom. The SMILES string of the molecule is Cc1cc(C(=O)CN2CCN(S(=O)(=O)c3ccc4c(c3)CCC4)CC2)c(C)n1C1CC1. The maximum atomic E-state index is 13.1. The van der Waals surface area contributed by atoms with Crippen LogP contribution in [-0.4, -0.2) is 60.7 Å². The minimum atomic E-state index is -3.48. The lowest BCUT2D eigenvalue weighted by atomic mass is 10.1. The first-order valence-electron chi connectivity index (χ1n) is 11.4. The van der Waals surface area contributed by atoms with Crippen LogP contribution in [0, 0.1) is 13.8 Å². The number of sulfonamides is 1. The van der Waals surface area contributed by atoms with Crippen molar-refractivity contribution >= 4 is 15.8 Å². The van der Waals surface area contributed by atoms with Gasteiger partial charge in [-0.3, -0.25) is 9.69 Å². The van der Waals surface area contributed by atoms with Crippen molar-refractivity contribution in [1.29, 1.82) is 0 Å². The fraction of sp³-hybridized carbons (Fsp3) is 0.542. The molecule has 2 aliphatic carbocycles. The number of ketones is 1. The minimum Gasteiger partial charge on any atom is -0.345 e. The minimum absolute atomic E-state index is 0.134. The Kier molecular flexibility index (Phi) is 5.31. The van der Waals surface area contributed by atoms with Crippen LogP contribution in [0.15, 0.2) is 29.2 Å². The van der Waals surface area contributed by atoms with Crippen molar-refractivity contribution in [3.05, 3.63) is 52.3 Å². The van der Waals surface area contributed by atoms with Gasteiger partial charge in [0.25, 0.3) is 0 Å². The van der Waals surface area contributed by atoms with Crippen LogP contribution in [0.5, 0.6) is 0 Å². The van der Waals surface area contributed by atoms with Crippen molar-refractivity contribution in [1.82, 2.24) is 13.8 Å². The number of aryl methyl sites for hydroxylation is 3. The van der Waals surface area contributed by atoms with Crippen LogP contribution in [0.25, 0.3) is 0 Å². The quantitative estimate of drug-likeness (QED) is 0.646. The molecule has 2 fully saturated rings.